The van der Waals surface area contributed by atoms with E-state index in [1.807, 2.05) is 30.3 Å². The van der Waals surface area contributed by atoms with Gasteiger partial charge in [-0.05, 0) is 5.56 Å². The van der Waals surface area contributed by atoms with Crippen molar-refractivity contribution in [2.24, 2.45) is 0 Å². The van der Waals surface area contributed by atoms with Gasteiger partial charge in [-0.15, -0.1) is 0 Å². The molecule has 0 aromatic heterocycles. The van der Waals surface area contributed by atoms with Gasteiger partial charge in [-0.2, -0.15) is 0 Å². The lowest BCUT2D eigenvalue weighted by atomic mass is 10.2. The van der Waals surface area contributed by atoms with Crippen LogP contribution in [0.1, 0.15) is 5.56 Å². The van der Waals surface area contributed by atoms with Crippen LogP contribution in [0, 0.1) is 0 Å². The Morgan fingerprint density at radius 2 is 2.11 bits per heavy atom. The van der Waals surface area contributed by atoms with E-state index in [1.54, 1.807) is 0 Å². The lowest BCUT2D eigenvalue weighted by Gasteiger charge is -2.15. The number of aliphatic hydroxyl groups excluding tert-OH is 2. The largest absolute Gasteiger partial charge is 0.507 e. The van der Waals surface area contributed by atoms with Crippen LogP contribution in [-0.4, -0.2) is 28.6 Å². The van der Waals surface area contributed by atoms with E-state index in [0.29, 0.717) is 0 Å². The molecule has 1 amide bonds. The van der Waals surface area contributed by atoms with Gasteiger partial charge in [-0.3, -0.25) is 0 Å². The summed E-state index contributed by atoms with van der Waals surface area (Å²) in [6.45, 7) is 0.112. The highest BCUT2D eigenvalue weighted by molar-refractivity contribution is 5.68. The Kier molecular flexibility index (Phi) is 3.69. The summed E-state index contributed by atoms with van der Waals surface area (Å²) in [5.41, 5.74) is 0.843. The highest BCUT2D eigenvalue weighted by Crippen LogP contribution is 2.14. The van der Waals surface area contributed by atoms with E-state index in [2.05, 4.69) is 10.1 Å². The Labute approximate surface area is 103 Å². The van der Waals surface area contributed by atoms with E-state index in [-0.39, 0.29) is 12.4 Å². The van der Waals surface area contributed by atoms with Crippen molar-refractivity contribution in [3.05, 3.63) is 47.9 Å². The number of hydrogen-bond donors (Lipinski definition) is 3. The molecule has 1 heterocycles. The van der Waals surface area contributed by atoms with Crippen molar-refractivity contribution in [2.75, 3.05) is 0 Å². The van der Waals surface area contributed by atoms with Gasteiger partial charge in [-0.25, -0.2) is 4.79 Å². The van der Waals surface area contributed by atoms with Crippen molar-refractivity contribution in [1.82, 2.24) is 5.32 Å². The van der Waals surface area contributed by atoms with Gasteiger partial charge in [0.1, 0.15) is 12.9 Å². The lowest BCUT2D eigenvalue weighted by molar-refractivity contribution is -0.0511. The van der Waals surface area contributed by atoms with Crippen molar-refractivity contribution in [3.8, 4) is 0 Å². The number of rotatable bonds is 3. The van der Waals surface area contributed by atoms with Gasteiger partial charge < -0.3 is 25.0 Å². The zero-order valence-electron chi connectivity index (χ0n) is 9.45. The number of aliphatic hydroxyl groups is 2. The van der Waals surface area contributed by atoms with Crippen molar-refractivity contribution >= 4 is 6.09 Å². The molecule has 6 nitrogen and oxygen atoms in total. The van der Waals surface area contributed by atoms with Gasteiger partial charge in [0.15, 0.2) is 11.8 Å². The molecule has 0 saturated carbocycles. The maximum absolute atomic E-state index is 11.4. The van der Waals surface area contributed by atoms with Crippen LogP contribution in [0.25, 0.3) is 0 Å². The molecule has 0 spiro atoms. The van der Waals surface area contributed by atoms with Crippen LogP contribution >= 0.6 is 0 Å². The van der Waals surface area contributed by atoms with Crippen LogP contribution in [0.3, 0.4) is 0 Å². The summed E-state index contributed by atoms with van der Waals surface area (Å²) in [4.78, 5) is 11.4. The number of alkyl carbamates (subject to hydrolysis) is 1. The summed E-state index contributed by atoms with van der Waals surface area (Å²) in [5, 5.41) is 20.9. The highest BCUT2D eigenvalue weighted by atomic mass is 16.6. The number of carbonyl (C=O) groups is 1. The maximum Gasteiger partial charge on any atom is 0.408 e. The highest BCUT2D eigenvalue weighted by Gasteiger charge is 2.31. The predicted molar refractivity (Wildman–Crippen MR) is 61.4 cm³/mol. The summed E-state index contributed by atoms with van der Waals surface area (Å²) in [5.74, 6) is -0.251. The quantitative estimate of drug-likeness (QED) is 0.746. The van der Waals surface area contributed by atoms with Crippen LogP contribution in [0.15, 0.2) is 42.4 Å². The van der Waals surface area contributed by atoms with E-state index < -0.39 is 18.4 Å². The first kappa shape index (κ1) is 12.3. The zero-order chi connectivity index (χ0) is 13.0. The molecule has 2 atom stereocenters. The first-order valence-electron chi connectivity index (χ1n) is 5.36. The van der Waals surface area contributed by atoms with Crippen molar-refractivity contribution in [3.63, 3.8) is 0 Å². The molecule has 0 bridgehead atoms. The Morgan fingerprint density at radius 3 is 2.72 bits per heavy atom. The first-order chi connectivity index (χ1) is 8.66. The summed E-state index contributed by atoms with van der Waals surface area (Å²) >= 11 is 0. The van der Waals surface area contributed by atoms with Gasteiger partial charge in [0.2, 0.25) is 6.29 Å². The van der Waals surface area contributed by atoms with E-state index >= 15 is 0 Å². The standard InChI is InChI=1S/C12H13NO5/c14-9-7-17-11(15)10(9)13-12(16)18-6-8-4-2-1-3-5-8/h1-5,7,10-11,14-15H,6H2,(H,13,16). The minimum absolute atomic E-state index is 0.112. The Hall–Kier alpha value is -2.21. The molecule has 96 valence electrons. The minimum Gasteiger partial charge on any atom is -0.507 e. The Bertz CT molecular complexity index is 445. The minimum atomic E-state index is -1.30. The molecule has 1 aliphatic rings. The van der Waals surface area contributed by atoms with Gasteiger partial charge in [0.05, 0.1) is 0 Å². The fourth-order valence-corrected chi connectivity index (χ4v) is 1.47. The van der Waals surface area contributed by atoms with Crippen molar-refractivity contribution < 1.29 is 24.5 Å². The van der Waals surface area contributed by atoms with E-state index in [0.717, 1.165) is 11.8 Å². The molecular weight excluding hydrogens is 238 g/mol. The summed E-state index contributed by atoms with van der Waals surface area (Å²) < 4.78 is 9.55. The first-order valence-corrected chi connectivity index (χ1v) is 5.36. The number of nitrogens with one attached hydrogen (secondary N) is 1. The summed E-state index contributed by atoms with van der Waals surface area (Å²) in [7, 11) is 0. The molecule has 0 aliphatic carbocycles. The topological polar surface area (TPSA) is 88.0 Å². The second kappa shape index (κ2) is 5.42. The molecule has 1 aromatic carbocycles. The van der Waals surface area contributed by atoms with Gasteiger partial charge in [0.25, 0.3) is 0 Å². The zero-order valence-corrected chi connectivity index (χ0v) is 9.45. The van der Waals surface area contributed by atoms with Crippen LogP contribution in [0.4, 0.5) is 4.79 Å². The third-order valence-corrected chi connectivity index (χ3v) is 2.42. The molecule has 2 rings (SSSR count). The number of carbonyl (C=O) groups excluding carboxylic acids is 1. The predicted octanol–water partition coefficient (Wildman–Crippen LogP) is 1.03. The van der Waals surface area contributed by atoms with Crippen LogP contribution in [0.2, 0.25) is 0 Å². The molecule has 0 radical (unpaired) electrons. The number of benzene rings is 1. The number of ether oxygens (including phenoxy) is 2. The fourth-order valence-electron chi connectivity index (χ4n) is 1.47. The fraction of sp³-hybridized carbons (Fsp3) is 0.250. The van der Waals surface area contributed by atoms with Crippen LogP contribution < -0.4 is 5.32 Å². The van der Waals surface area contributed by atoms with Crippen molar-refractivity contribution in [2.45, 2.75) is 18.9 Å². The van der Waals surface area contributed by atoms with Crippen LogP contribution in [-0.2, 0) is 16.1 Å². The van der Waals surface area contributed by atoms with Gasteiger partial charge in [-0.1, -0.05) is 30.3 Å². The summed E-state index contributed by atoms with van der Waals surface area (Å²) in [6.07, 6.45) is -1.06. The average molecular weight is 251 g/mol. The molecule has 0 fully saturated rings. The molecule has 1 aliphatic heterocycles. The van der Waals surface area contributed by atoms with Gasteiger partial charge >= 0.3 is 6.09 Å². The number of hydrogen-bond acceptors (Lipinski definition) is 5. The lowest BCUT2D eigenvalue weighted by Crippen LogP contribution is -2.42. The smallest absolute Gasteiger partial charge is 0.408 e. The number of amides is 1. The molecule has 0 saturated heterocycles. The maximum atomic E-state index is 11.4. The monoisotopic (exact) mass is 251 g/mol. The molecule has 1 aromatic rings. The SMILES string of the molecule is O=C(NC1C(O)=COC1O)OCc1ccccc1. The molecule has 18 heavy (non-hydrogen) atoms. The van der Waals surface area contributed by atoms with E-state index in [4.69, 9.17) is 4.74 Å². The van der Waals surface area contributed by atoms with E-state index in [9.17, 15) is 15.0 Å². The summed E-state index contributed by atoms with van der Waals surface area (Å²) in [6, 6.07) is 8.17. The molecule has 3 N–H and O–H groups in total. The third-order valence-electron chi connectivity index (χ3n) is 2.42. The molecule has 6 heteroatoms. The Morgan fingerprint density at radius 1 is 1.39 bits per heavy atom. The van der Waals surface area contributed by atoms with Crippen LogP contribution in [0.5, 0.6) is 0 Å². The van der Waals surface area contributed by atoms with Gasteiger partial charge in [0, 0.05) is 0 Å². The van der Waals surface area contributed by atoms with E-state index in [1.165, 1.54) is 0 Å². The average Bonchev–Trinajstić information content (AvgIpc) is 2.69. The molecular formula is C12H13NO5. The second-order valence-electron chi connectivity index (χ2n) is 3.75. The molecule has 2 unspecified atom stereocenters. The van der Waals surface area contributed by atoms with Crippen molar-refractivity contribution in [1.29, 1.82) is 0 Å². The second-order valence-corrected chi connectivity index (χ2v) is 3.75. The third kappa shape index (κ3) is 2.92. The Balaban J connectivity index is 1.81. The normalized spacial score (nSPS) is 21.9.